The van der Waals surface area contributed by atoms with E-state index in [-0.39, 0.29) is 30.7 Å². The normalized spacial score (nSPS) is 23.8. The number of allylic oxidation sites excluding steroid dienone is 2. The van der Waals surface area contributed by atoms with Gasteiger partial charge in [0.15, 0.2) is 5.78 Å². The lowest BCUT2D eigenvalue weighted by atomic mass is 9.69. The van der Waals surface area contributed by atoms with E-state index in [4.69, 9.17) is 9.47 Å². The SMILES string of the molecule is COCCOC(=O)C1=C(C)N[C@@H]2CC=CC(=O)[C@@H]2[C@H]1c1ccc([N+](=O)[O-])cc1. The van der Waals surface area contributed by atoms with Crippen molar-refractivity contribution in [2.24, 2.45) is 5.92 Å². The second-order valence-corrected chi connectivity index (χ2v) is 6.81. The molecule has 1 N–H and O–H groups in total. The number of ketones is 1. The number of methoxy groups -OCH3 is 1. The zero-order valence-corrected chi connectivity index (χ0v) is 15.7. The molecule has 0 unspecified atom stereocenters. The molecule has 0 bridgehead atoms. The van der Waals surface area contributed by atoms with E-state index in [1.165, 1.54) is 25.3 Å². The van der Waals surface area contributed by atoms with E-state index in [1.807, 2.05) is 6.08 Å². The van der Waals surface area contributed by atoms with Gasteiger partial charge in [0.1, 0.15) is 6.61 Å². The van der Waals surface area contributed by atoms with Gasteiger partial charge in [-0.05, 0) is 25.0 Å². The number of esters is 1. The first-order valence-corrected chi connectivity index (χ1v) is 9.02. The number of nitro benzene ring substituents is 1. The first-order valence-electron chi connectivity index (χ1n) is 9.02. The lowest BCUT2D eigenvalue weighted by Crippen LogP contribution is -2.49. The molecular formula is C20H22N2O6. The molecule has 8 nitrogen and oxygen atoms in total. The standard InChI is InChI=1S/C20H22N2O6/c1-12-17(20(24)28-11-10-27-2)18(13-6-8-14(9-7-13)22(25)26)19-15(21-12)4-3-5-16(19)23/h3,5-9,15,18-19,21H,4,10-11H2,1-2H3/t15-,18+,19-/m1/s1. The van der Waals surface area contributed by atoms with Crippen LogP contribution >= 0.6 is 0 Å². The van der Waals surface area contributed by atoms with Crippen LogP contribution in [0.2, 0.25) is 0 Å². The van der Waals surface area contributed by atoms with Crippen molar-refractivity contribution in [3.05, 3.63) is 63.4 Å². The summed E-state index contributed by atoms with van der Waals surface area (Å²) in [7, 11) is 1.51. The van der Waals surface area contributed by atoms with Crippen molar-refractivity contribution >= 4 is 17.4 Å². The molecule has 0 saturated carbocycles. The maximum absolute atomic E-state index is 12.8. The van der Waals surface area contributed by atoms with Gasteiger partial charge < -0.3 is 14.8 Å². The molecule has 1 aromatic carbocycles. The Morgan fingerprint density at radius 2 is 2.00 bits per heavy atom. The van der Waals surface area contributed by atoms with Crippen molar-refractivity contribution in [2.75, 3.05) is 20.3 Å². The van der Waals surface area contributed by atoms with Crippen LogP contribution in [0.4, 0.5) is 5.69 Å². The molecule has 0 amide bonds. The predicted molar refractivity (Wildman–Crippen MR) is 101 cm³/mol. The maximum Gasteiger partial charge on any atom is 0.336 e. The van der Waals surface area contributed by atoms with Crippen LogP contribution in [0, 0.1) is 16.0 Å². The van der Waals surface area contributed by atoms with E-state index in [0.29, 0.717) is 23.3 Å². The number of hydrogen-bond donors (Lipinski definition) is 1. The number of hydrogen-bond acceptors (Lipinski definition) is 7. The van der Waals surface area contributed by atoms with Gasteiger partial charge in [0.25, 0.3) is 5.69 Å². The summed E-state index contributed by atoms with van der Waals surface area (Å²) >= 11 is 0. The molecule has 148 valence electrons. The van der Waals surface area contributed by atoms with Crippen molar-refractivity contribution in [3.63, 3.8) is 0 Å². The molecule has 1 aromatic rings. The van der Waals surface area contributed by atoms with Gasteiger partial charge in [-0.1, -0.05) is 18.2 Å². The molecule has 1 aliphatic carbocycles. The number of rotatable bonds is 6. The molecule has 0 spiro atoms. The smallest absolute Gasteiger partial charge is 0.336 e. The van der Waals surface area contributed by atoms with Gasteiger partial charge in [0, 0.05) is 36.9 Å². The summed E-state index contributed by atoms with van der Waals surface area (Å²) in [5.41, 5.74) is 1.64. The van der Waals surface area contributed by atoms with Crippen LogP contribution in [0.15, 0.2) is 47.7 Å². The highest BCUT2D eigenvalue weighted by molar-refractivity contribution is 5.98. The van der Waals surface area contributed by atoms with Crippen LogP contribution in [0.25, 0.3) is 0 Å². The fourth-order valence-corrected chi connectivity index (χ4v) is 3.85. The average Bonchev–Trinajstić information content (AvgIpc) is 2.67. The molecule has 0 fully saturated rings. The molecule has 0 aromatic heterocycles. The van der Waals surface area contributed by atoms with Crippen LogP contribution in [-0.4, -0.2) is 43.0 Å². The van der Waals surface area contributed by atoms with Gasteiger partial charge in [-0.25, -0.2) is 4.79 Å². The van der Waals surface area contributed by atoms with Crippen molar-refractivity contribution < 1.29 is 24.0 Å². The number of carbonyl (C=O) groups excluding carboxylic acids is 2. The molecule has 1 aliphatic heterocycles. The van der Waals surface area contributed by atoms with Gasteiger partial charge in [0.2, 0.25) is 0 Å². The molecule has 28 heavy (non-hydrogen) atoms. The molecule has 2 aliphatic rings. The van der Waals surface area contributed by atoms with Crippen molar-refractivity contribution in [1.82, 2.24) is 5.32 Å². The highest BCUT2D eigenvalue weighted by atomic mass is 16.6. The lowest BCUT2D eigenvalue weighted by Gasteiger charge is -2.41. The third kappa shape index (κ3) is 3.82. The third-order valence-electron chi connectivity index (χ3n) is 5.11. The maximum atomic E-state index is 12.8. The summed E-state index contributed by atoms with van der Waals surface area (Å²) in [6.07, 6.45) is 4.01. The molecular weight excluding hydrogens is 364 g/mol. The summed E-state index contributed by atoms with van der Waals surface area (Å²) in [4.78, 5) is 36.0. The molecule has 0 radical (unpaired) electrons. The Balaban J connectivity index is 2.03. The topological polar surface area (TPSA) is 108 Å². The van der Waals surface area contributed by atoms with E-state index < -0.39 is 22.7 Å². The zero-order valence-electron chi connectivity index (χ0n) is 15.7. The Labute approximate surface area is 162 Å². The van der Waals surface area contributed by atoms with E-state index >= 15 is 0 Å². The zero-order chi connectivity index (χ0) is 20.3. The van der Waals surface area contributed by atoms with Crippen LogP contribution in [0.1, 0.15) is 24.8 Å². The Hall–Kier alpha value is -3.00. The highest BCUT2D eigenvalue weighted by Gasteiger charge is 2.45. The summed E-state index contributed by atoms with van der Waals surface area (Å²) in [5.74, 6) is -1.63. The summed E-state index contributed by atoms with van der Waals surface area (Å²) in [5, 5.41) is 14.2. The number of non-ortho nitro benzene ring substituents is 1. The van der Waals surface area contributed by atoms with Crippen molar-refractivity contribution in [2.45, 2.75) is 25.3 Å². The number of nitro groups is 1. The molecule has 1 heterocycles. The van der Waals surface area contributed by atoms with Gasteiger partial charge >= 0.3 is 5.97 Å². The van der Waals surface area contributed by atoms with Crippen LogP contribution in [-0.2, 0) is 19.1 Å². The molecule has 3 atom stereocenters. The first kappa shape index (κ1) is 19.8. The fraction of sp³-hybridized carbons (Fsp3) is 0.400. The Kier molecular flexibility index (Phi) is 5.89. The van der Waals surface area contributed by atoms with Crippen LogP contribution in [0.3, 0.4) is 0 Å². The van der Waals surface area contributed by atoms with Gasteiger partial charge in [-0.15, -0.1) is 0 Å². The second kappa shape index (κ2) is 8.35. The quantitative estimate of drug-likeness (QED) is 0.346. The summed E-state index contributed by atoms with van der Waals surface area (Å²) in [6, 6.07) is 5.84. The molecule has 0 saturated heterocycles. The minimum atomic E-state index is -0.542. The summed E-state index contributed by atoms with van der Waals surface area (Å²) < 4.78 is 10.2. The van der Waals surface area contributed by atoms with E-state index in [2.05, 4.69) is 5.32 Å². The largest absolute Gasteiger partial charge is 0.460 e. The van der Waals surface area contributed by atoms with Crippen molar-refractivity contribution in [1.29, 1.82) is 0 Å². The second-order valence-electron chi connectivity index (χ2n) is 6.81. The number of nitrogens with one attached hydrogen (secondary N) is 1. The van der Waals surface area contributed by atoms with Crippen LogP contribution in [0.5, 0.6) is 0 Å². The molecule has 8 heteroatoms. The Morgan fingerprint density at radius 1 is 1.29 bits per heavy atom. The predicted octanol–water partition coefficient (Wildman–Crippen LogP) is 2.26. The Bertz CT molecular complexity index is 843. The third-order valence-corrected chi connectivity index (χ3v) is 5.11. The van der Waals surface area contributed by atoms with Crippen LogP contribution < -0.4 is 5.32 Å². The van der Waals surface area contributed by atoms with E-state index in [0.717, 1.165) is 0 Å². The first-order chi connectivity index (χ1) is 13.4. The minimum Gasteiger partial charge on any atom is -0.460 e. The summed E-state index contributed by atoms with van der Waals surface area (Å²) in [6.45, 7) is 2.15. The molecule has 3 rings (SSSR count). The average molecular weight is 386 g/mol. The number of ether oxygens (including phenoxy) is 2. The fourth-order valence-electron chi connectivity index (χ4n) is 3.85. The lowest BCUT2D eigenvalue weighted by molar-refractivity contribution is -0.384. The number of nitrogens with zero attached hydrogens (tertiary/aromatic N) is 1. The monoisotopic (exact) mass is 386 g/mol. The van der Waals surface area contributed by atoms with E-state index in [1.54, 1.807) is 19.1 Å². The van der Waals surface area contributed by atoms with Gasteiger partial charge in [0.05, 0.1) is 23.0 Å². The minimum absolute atomic E-state index is 0.0472. The highest BCUT2D eigenvalue weighted by Crippen LogP contribution is 2.42. The van der Waals surface area contributed by atoms with E-state index in [9.17, 15) is 19.7 Å². The van der Waals surface area contributed by atoms with Gasteiger partial charge in [-0.3, -0.25) is 14.9 Å². The number of fused-ring (bicyclic) bond motifs is 1. The number of benzene rings is 1. The van der Waals surface area contributed by atoms with Gasteiger partial charge in [-0.2, -0.15) is 0 Å². The number of carbonyl (C=O) groups is 2. The van der Waals surface area contributed by atoms with Crippen molar-refractivity contribution in [3.8, 4) is 0 Å². The Morgan fingerprint density at radius 3 is 2.64 bits per heavy atom.